The first-order valence-corrected chi connectivity index (χ1v) is 10.5. The number of aromatic nitrogens is 3. The van der Waals surface area contributed by atoms with Gasteiger partial charge in [0.1, 0.15) is 12.4 Å². The summed E-state index contributed by atoms with van der Waals surface area (Å²) in [5, 5.41) is 7.33. The van der Waals surface area contributed by atoms with E-state index >= 15 is 0 Å². The Hall–Kier alpha value is -2.42. The summed E-state index contributed by atoms with van der Waals surface area (Å²) in [5.74, 6) is 2.21. The number of nitrogens with zero attached hydrogens (tertiary/aromatic N) is 4. The van der Waals surface area contributed by atoms with Gasteiger partial charge in [0.2, 0.25) is 5.95 Å². The number of ether oxygens (including phenoxy) is 2. The number of nitrogens with one attached hydrogen (secondary N) is 1. The monoisotopic (exact) mass is 421 g/mol. The van der Waals surface area contributed by atoms with Gasteiger partial charge in [-0.3, -0.25) is 4.90 Å². The van der Waals surface area contributed by atoms with E-state index in [1.54, 1.807) is 7.11 Å². The highest BCUT2D eigenvalue weighted by Gasteiger charge is 2.38. The molecule has 1 unspecified atom stereocenters. The molecule has 0 aliphatic carbocycles. The maximum atomic E-state index is 13.6. The normalized spacial score (nSPS) is 24.4. The summed E-state index contributed by atoms with van der Waals surface area (Å²) in [4.78, 5) is 6.52. The number of rotatable bonds is 7. The van der Waals surface area contributed by atoms with Gasteiger partial charge in [0.15, 0.2) is 11.5 Å². The first kappa shape index (κ1) is 20.8. The van der Waals surface area contributed by atoms with Crippen LogP contribution in [0.3, 0.4) is 0 Å². The molecule has 1 fully saturated rings. The Kier molecular flexibility index (Phi) is 6.36. The number of piperidine rings is 1. The minimum Gasteiger partial charge on any atom is -0.493 e. The average molecular weight is 421 g/mol. The minimum absolute atomic E-state index is 0.0293. The van der Waals surface area contributed by atoms with Gasteiger partial charge in [-0.15, -0.1) is 0 Å². The van der Waals surface area contributed by atoms with Crippen molar-refractivity contribution in [3.63, 3.8) is 0 Å². The van der Waals surface area contributed by atoms with Crippen LogP contribution in [0.25, 0.3) is 0 Å². The molecule has 2 aromatic rings. The smallest absolute Gasteiger partial charge is 0.260 e. The number of methoxy groups -OCH3 is 1. The van der Waals surface area contributed by atoms with Gasteiger partial charge in [0, 0.05) is 19.1 Å². The zero-order chi connectivity index (χ0) is 21.1. The third kappa shape index (κ3) is 4.35. The van der Waals surface area contributed by atoms with Crippen molar-refractivity contribution >= 4 is 5.95 Å². The summed E-state index contributed by atoms with van der Waals surface area (Å²) in [5.41, 5.74) is 1.15. The molecule has 2 aliphatic heterocycles. The van der Waals surface area contributed by atoms with Crippen LogP contribution in [0.15, 0.2) is 24.5 Å². The third-order valence-electron chi connectivity index (χ3n) is 6.03. The highest BCUT2D eigenvalue weighted by atomic mass is 19.3. The standard InChI is InChI=1S/C21H29F2N5O2/c1-3-30-18-7-6-14(9-19(18)29-2)11-27-8-4-5-15(12-27)16-10-17(20(22)23)28-21(26-16)24-13-25-28/h6-7,9,13,15-17,20H,3-5,8,10-12H2,1-2H3,(H,24,25,26)/t15?,16-,17+/m0/s1. The predicted octanol–water partition coefficient (Wildman–Crippen LogP) is 3.59. The number of hydrogen-bond acceptors (Lipinski definition) is 6. The molecule has 0 spiro atoms. The first-order valence-electron chi connectivity index (χ1n) is 10.5. The van der Waals surface area contributed by atoms with E-state index < -0.39 is 12.5 Å². The Morgan fingerprint density at radius 1 is 1.30 bits per heavy atom. The summed E-state index contributed by atoms with van der Waals surface area (Å²) in [6, 6.07) is 5.08. The molecule has 1 saturated heterocycles. The second kappa shape index (κ2) is 9.16. The van der Waals surface area contributed by atoms with Crippen LogP contribution in [-0.2, 0) is 6.54 Å². The van der Waals surface area contributed by atoms with Crippen LogP contribution in [0.5, 0.6) is 11.5 Å². The number of benzene rings is 1. The predicted molar refractivity (Wildman–Crippen MR) is 109 cm³/mol. The Balaban J connectivity index is 1.43. The lowest BCUT2D eigenvalue weighted by atomic mass is 9.86. The van der Waals surface area contributed by atoms with Crippen molar-refractivity contribution in [3.05, 3.63) is 30.1 Å². The number of alkyl halides is 2. The van der Waals surface area contributed by atoms with Gasteiger partial charge in [-0.1, -0.05) is 6.07 Å². The SMILES string of the molecule is CCOc1ccc(CN2CCCC([C@@H]3C[C@H](C(F)F)n4ncnc4N3)C2)cc1OC. The maximum absolute atomic E-state index is 13.6. The molecule has 3 atom stereocenters. The molecule has 2 aliphatic rings. The lowest BCUT2D eigenvalue weighted by Gasteiger charge is -2.40. The van der Waals surface area contributed by atoms with Crippen LogP contribution >= 0.6 is 0 Å². The van der Waals surface area contributed by atoms with Gasteiger partial charge in [0.05, 0.1) is 13.7 Å². The number of hydrogen-bond donors (Lipinski definition) is 1. The fourth-order valence-corrected chi connectivity index (χ4v) is 4.61. The summed E-state index contributed by atoms with van der Waals surface area (Å²) in [7, 11) is 1.64. The Labute approximate surface area is 175 Å². The molecule has 4 rings (SSSR count). The fourth-order valence-electron chi connectivity index (χ4n) is 4.61. The van der Waals surface area contributed by atoms with Gasteiger partial charge < -0.3 is 14.8 Å². The van der Waals surface area contributed by atoms with E-state index in [9.17, 15) is 8.78 Å². The number of anilines is 1. The van der Waals surface area contributed by atoms with Crippen LogP contribution in [0.2, 0.25) is 0 Å². The molecule has 0 bridgehead atoms. The molecule has 0 radical (unpaired) electrons. The minimum atomic E-state index is -2.45. The zero-order valence-electron chi connectivity index (χ0n) is 17.4. The topological polar surface area (TPSA) is 64.4 Å². The number of halogens is 2. The first-order chi connectivity index (χ1) is 14.6. The lowest BCUT2D eigenvalue weighted by molar-refractivity contribution is 0.0550. The lowest BCUT2D eigenvalue weighted by Crippen LogP contribution is -2.46. The van der Waals surface area contributed by atoms with Crippen LogP contribution < -0.4 is 14.8 Å². The number of fused-ring (bicyclic) bond motifs is 1. The molecule has 7 nitrogen and oxygen atoms in total. The molecule has 164 valence electrons. The van der Waals surface area contributed by atoms with E-state index in [0.29, 0.717) is 19.0 Å². The largest absolute Gasteiger partial charge is 0.493 e. The molecular weight excluding hydrogens is 392 g/mol. The van der Waals surface area contributed by atoms with E-state index in [2.05, 4.69) is 26.4 Å². The third-order valence-corrected chi connectivity index (χ3v) is 6.03. The second-order valence-corrected chi connectivity index (χ2v) is 7.97. The molecule has 0 saturated carbocycles. The van der Waals surface area contributed by atoms with Gasteiger partial charge >= 0.3 is 0 Å². The van der Waals surface area contributed by atoms with Crippen molar-refractivity contribution in [2.45, 2.75) is 51.2 Å². The highest BCUT2D eigenvalue weighted by Crippen LogP contribution is 2.35. The van der Waals surface area contributed by atoms with Gasteiger partial charge in [0.25, 0.3) is 6.43 Å². The molecule has 9 heteroatoms. The molecule has 3 heterocycles. The Morgan fingerprint density at radius 3 is 2.93 bits per heavy atom. The van der Waals surface area contributed by atoms with Crippen molar-refractivity contribution < 1.29 is 18.3 Å². The van der Waals surface area contributed by atoms with Crippen LogP contribution in [0.4, 0.5) is 14.7 Å². The van der Waals surface area contributed by atoms with E-state index in [-0.39, 0.29) is 12.0 Å². The summed E-state index contributed by atoms with van der Waals surface area (Å²) >= 11 is 0. The number of likely N-dealkylation sites (tertiary alicyclic amines) is 1. The zero-order valence-corrected chi connectivity index (χ0v) is 17.4. The van der Waals surface area contributed by atoms with Crippen molar-refractivity contribution in [2.24, 2.45) is 5.92 Å². The van der Waals surface area contributed by atoms with E-state index in [1.807, 2.05) is 19.1 Å². The molecule has 1 aromatic carbocycles. The molecule has 1 aromatic heterocycles. The van der Waals surface area contributed by atoms with Crippen LogP contribution in [-0.4, -0.2) is 58.9 Å². The highest BCUT2D eigenvalue weighted by molar-refractivity contribution is 5.43. The van der Waals surface area contributed by atoms with Gasteiger partial charge in [-0.2, -0.15) is 10.1 Å². The van der Waals surface area contributed by atoms with Crippen molar-refractivity contribution in [1.29, 1.82) is 0 Å². The molecule has 30 heavy (non-hydrogen) atoms. The van der Waals surface area contributed by atoms with Crippen molar-refractivity contribution in [2.75, 3.05) is 32.1 Å². The maximum Gasteiger partial charge on any atom is 0.260 e. The Morgan fingerprint density at radius 2 is 2.17 bits per heavy atom. The van der Waals surface area contributed by atoms with Crippen molar-refractivity contribution in [1.82, 2.24) is 19.7 Å². The second-order valence-electron chi connectivity index (χ2n) is 7.97. The van der Waals surface area contributed by atoms with Crippen molar-refractivity contribution in [3.8, 4) is 11.5 Å². The van der Waals surface area contributed by atoms with Gasteiger partial charge in [-0.25, -0.2) is 13.5 Å². The molecule has 0 amide bonds. The summed E-state index contributed by atoms with van der Waals surface area (Å²) in [6.45, 7) is 5.18. The Bertz CT molecular complexity index is 847. The fraction of sp³-hybridized carbons (Fsp3) is 0.619. The van der Waals surface area contributed by atoms with E-state index in [0.717, 1.165) is 49.5 Å². The quantitative estimate of drug-likeness (QED) is 0.737. The van der Waals surface area contributed by atoms with E-state index in [1.165, 1.54) is 11.0 Å². The summed E-state index contributed by atoms with van der Waals surface area (Å²) in [6.07, 6.45) is 1.32. The average Bonchev–Trinajstić information content (AvgIpc) is 3.23. The molecular formula is C21H29F2N5O2. The van der Waals surface area contributed by atoms with Crippen LogP contribution in [0, 0.1) is 5.92 Å². The summed E-state index contributed by atoms with van der Waals surface area (Å²) < 4.78 is 39.6. The van der Waals surface area contributed by atoms with E-state index in [4.69, 9.17) is 9.47 Å². The molecule has 1 N–H and O–H groups in total. The van der Waals surface area contributed by atoms with Crippen LogP contribution in [0.1, 0.15) is 37.8 Å². The van der Waals surface area contributed by atoms with Gasteiger partial charge in [-0.05, 0) is 56.3 Å².